The molecule has 2 heterocycles. The van der Waals surface area contributed by atoms with Crippen LogP contribution in [0, 0.1) is 5.82 Å². The zero-order valence-corrected chi connectivity index (χ0v) is 14.0. The molecule has 1 aromatic carbocycles. The first kappa shape index (κ1) is 15.2. The van der Waals surface area contributed by atoms with Crippen LogP contribution in [0.3, 0.4) is 0 Å². The van der Waals surface area contributed by atoms with Crippen molar-refractivity contribution in [1.82, 2.24) is 4.90 Å². The van der Waals surface area contributed by atoms with E-state index in [2.05, 4.69) is 26.8 Å². The van der Waals surface area contributed by atoms with Gasteiger partial charge in [-0.3, -0.25) is 4.79 Å². The fourth-order valence-electron chi connectivity index (χ4n) is 2.43. The molecule has 0 saturated carbocycles. The molecule has 0 atom stereocenters. The molecule has 1 aliphatic rings. The Balaban J connectivity index is 1.88. The maximum absolute atomic E-state index is 14.3. The van der Waals surface area contributed by atoms with Crippen molar-refractivity contribution in [3.05, 3.63) is 46.6 Å². The number of thiophene rings is 1. The second-order valence-corrected chi connectivity index (χ2v) is 7.84. The van der Waals surface area contributed by atoms with Crippen LogP contribution in [0.2, 0.25) is 0 Å². The predicted octanol–water partition coefficient (Wildman–Crippen LogP) is 4.70. The second kappa shape index (κ2) is 5.51. The van der Waals surface area contributed by atoms with Gasteiger partial charge < -0.3 is 4.90 Å². The highest BCUT2D eigenvalue weighted by atomic mass is 32.1. The van der Waals surface area contributed by atoms with Crippen LogP contribution >= 0.6 is 11.3 Å². The molecule has 116 valence electrons. The minimum Gasteiger partial charge on any atom is -0.338 e. The van der Waals surface area contributed by atoms with Gasteiger partial charge in [-0.2, -0.15) is 0 Å². The number of benzene rings is 1. The summed E-state index contributed by atoms with van der Waals surface area (Å²) in [4.78, 5) is 16.1. The maximum atomic E-state index is 14.3. The van der Waals surface area contributed by atoms with Gasteiger partial charge in [0, 0.05) is 22.8 Å². The molecule has 4 heteroatoms. The van der Waals surface area contributed by atoms with Crippen LogP contribution in [0.5, 0.6) is 0 Å². The highest BCUT2D eigenvalue weighted by molar-refractivity contribution is 7.15. The molecule has 1 saturated heterocycles. The highest BCUT2D eigenvalue weighted by Crippen LogP contribution is 2.35. The average Bonchev–Trinajstić information content (AvgIpc) is 2.85. The van der Waals surface area contributed by atoms with Crippen molar-refractivity contribution in [3.63, 3.8) is 0 Å². The lowest BCUT2D eigenvalue weighted by molar-refractivity contribution is 0.0647. The molecule has 0 bridgehead atoms. The summed E-state index contributed by atoms with van der Waals surface area (Å²) in [6, 6.07) is 9.05. The zero-order chi connectivity index (χ0) is 15.9. The summed E-state index contributed by atoms with van der Waals surface area (Å²) < 4.78 is 14.3. The molecule has 1 amide bonds. The molecule has 0 N–H and O–H groups in total. The van der Waals surface area contributed by atoms with E-state index in [9.17, 15) is 9.18 Å². The number of amides is 1. The Morgan fingerprint density at radius 3 is 2.41 bits per heavy atom. The second-order valence-electron chi connectivity index (χ2n) is 6.75. The number of carbonyl (C=O) groups is 1. The molecule has 2 aromatic rings. The van der Waals surface area contributed by atoms with E-state index in [1.54, 1.807) is 22.3 Å². The Morgan fingerprint density at radius 2 is 1.91 bits per heavy atom. The Kier molecular flexibility index (Phi) is 3.81. The SMILES string of the molecule is CC(C)(C)c1ccc(-c2ccc(C(=O)N3CCC3)c(F)c2)s1. The van der Waals surface area contributed by atoms with E-state index in [-0.39, 0.29) is 16.9 Å². The van der Waals surface area contributed by atoms with Crippen molar-refractivity contribution < 1.29 is 9.18 Å². The fraction of sp³-hybridized carbons (Fsp3) is 0.389. The minimum absolute atomic E-state index is 0.0921. The number of rotatable bonds is 2. The third-order valence-corrected chi connectivity index (χ3v) is 5.53. The number of likely N-dealkylation sites (tertiary alicyclic amines) is 1. The summed E-state index contributed by atoms with van der Waals surface area (Å²) >= 11 is 1.68. The van der Waals surface area contributed by atoms with E-state index in [0.717, 1.165) is 30.0 Å². The third-order valence-electron chi connectivity index (χ3n) is 3.97. The van der Waals surface area contributed by atoms with Gasteiger partial charge >= 0.3 is 0 Å². The van der Waals surface area contributed by atoms with Crippen LogP contribution in [0.4, 0.5) is 4.39 Å². The van der Waals surface area contributed by atoms with Crippen molar-refractivity contribution in [3.8, 4) is 10.4 Å². The van der Waals surface area contributed by atoms with Crippen LogP contribution < -0.4 is 0 Å². The number of nitrogens with zero attached hydrogens (tertiary/aromatic N) is 1. The Labute approximate surface area is 134 Å². The fourth-order valence-corrected chi connectivity index (χ4v) is 3.49. The zero-order valence-electron chi connectivity index (χ0n) is 13.1. The summed E-state index contributed by atoms with van der Waals surface area (Å²) in [5, 5.41) is 0. The van der Waals surface area contributed by atoms with E-state index < -0.39 is 5.82 Å². The molecule has 0 unspecified atom stereocenters. The predicted molar refractivity (Wildman–Crippen MR) is 88.9 cm³/mol. The minimum atomic E-state index is -0.430. The van der Waals surface area contributed by atoms with Crippen LogP contribution in [0.15, 0.2) is 30.3 Å². The van der Waals surface area contributed by atoms with Crippen molar-refractivity contribution in [2.45, 2.75) is 32.6 Å². The lowest BCUT2D eigenvalue weighted by Crippen LogP contribution is -2.42. The van der Waals surface area contributed by atoms with Crippen LogP contribution in [0.25, 0.3) is 10.4 Å². The molecule has 22 heavy (non-hydrogen) atoms. The van der Waals surface area contributed by atoms with Gasteiger partial charge in [0.2, 0.25) is 0 Å². The van der Waals surface area contributed by atoms with Gasteiger partial charge in [0.25, 0.3) is 5.91 Å². The standard InChI is InChI=1S/C18H20FNOS/c1-18(2,3)16-8-7-15(22-16)12-5-6-13(14(19)11-12)17(21)20-9-4-10-20/h5-8,11H,4,9-10H2,1-3H3. The lowest BCUT2D eigenvalue weighted by Gasteiger charge is -2.31. The Bertz CT molecular complexity index is 710. The van der Waals surface area contributed by atoms with Gasteiger partial charge in [-0.25, -0.2) is 4.39 Å². The summed E-state index contributed by atoms with van der Waals surface area (Å²) in [6.45, 7) is 7.97. The van der Waals surface area contributed by atoms with E-state index in [4.69, 9.17) is 0 Å². The van der Waals surface area contributed by atoms with E-state index in [1.807, 2.05) is 12.1 Å². The molecule has 0 spiro atoms. The molecular formula is C18H20FNOS. The Hall–Kier alpha value is -1.68. The molecule has 1 aliphatic heterocycles. The smallest absolute Gasteiger partial charge is 0.256 e. The summed E-state index contributed by atoms with van der Waals surface area (Å²) in [7, 11) is 0. The monoisotopic (exact) mass is 317 g/mol. The van der Waals surface area contributed by atoms with Gasteiger partial charge in [-0.1, -0.05) is 26.8 Å². The molecule has 3 rings (SSSR count). The van der Waals surface area contributed by atoms with Gasteiger partial charge in [0.15, 0.2) is 0 Å². The number of carbonyl (C=O) groups excluding carboxylic acids is 1. The highest BCUT2D eigenvalue weighted by Gasteiger charge is 2.24. The van der Waals surface area contributed by atoms with E-state index in [0.29, 0.717) is 0 Å². The van der Waals surface area contributed by atoms with Gasteiger partial charge in [0.1, 0.15) is 5.82 Å². The molecule has 2 nitrogen and oxygen atoms in total. The first-order valence-electron chi connectivity index (χ1n) is 7.56. The molecule has 1 aromatic heterocycles. The van der Waals surface area contributed by atoms with Gasteiger partial charge in [0.05, 0.1) is 5.56 Å². The topological polar surface area (TPSA) is 20.3 Å². The van der Waals surface area contributed by atoms with E-state index >= 15 is 0 Å². The van der Waals surface area contributed by atoms with Gasteiger partial charge in [-0.05, 0) is 41.7 Å². The first-order valence-corrected chi connectivity index (χ1v) is 8.37. The maximum Gasteiger partial charge on any atom is 0.256 e. The molecular weight excluding hydrogens is 297 g/mol. The first-order chi connectivity index (χ1) is 10.4. The molecule has 0 radical (unpaired) electrons. The van der Waals surface area contributed by atoms with Crippen molar-refractivity contribution in [1.29, 1.82) is 0 Å². The normalized spacial score (nSPS) is 14.8. The number of halogens is 1. The van der Waals surface area contributed by atoms with E-state index in [1.165, 1.54) is 10.9 Å². The molecule has 0 aliphatic carbocycles. The van der Waals surface area contributed by atoms with Crippen LogP contribution in [-0.2, 0) is 5.41 Å². The van der Waals surface area contributed by atoms with Crippen molar-refractivity contribution in [2.75, 3.05) is 13.1 Å². The average molecular weight is 317 g/mol. The lowest BCUT2D eigenvalue weighted by atomic mass is 9.95. The number of hydrogen-bond acceptors (Lipinski definition) is 2. The third kappa shape index (κ3) is 2.80. The van der Waals surface area contributed by atoms with Gasteiger partial charge in [-0.15, -0.1) is 11.3 Å². The summed E-state index contributed by atoms with van der Waals surface area (Å²) in [6.07, 6.45) is 1.01. The molecule has 1 fully saturated rings. The van der Waals surface area contributed by atoms with Crippen LogP contribution in [0.1, 0.15) is 42.4 Å². The quantitative estimate of drug-likeness (QED) is 0.786. The Morgan fingerprint density at radius 1 is 1.18 bits per heavy atom. The van der Waals surface area contributed by atoms with Crippen molar-refractivity contribution >= 4 is 17.2 Å². The van der Waals surface area contributed by atoms with Crippen LogP contribution in [-0.4, -0.2) is 23.9 Å². The largest absolute Gasteiger partial charge is 0.338 e. The number of hydrogen-bond donors (Lipinski definition) is 0. The summed E-state index contributed by atoms with van der Waals surface area (Å²) in [5.41, 5.74) is 1.10. The summed E-state index contributed by atoms with van der Waals surface area (Å²) in [5.74, 6) is -0.628. The van der Waals surface area contributed by atoms with Crippen molar-refractivity contribution in [2.24, 2.45) is 0 Å².